The van der Waals surface area contributed by atoms with Crippen LogP contribution in [0, 0.1) is 13.8 Å². The van der Waals surface area contributed by atoms with Crippen LogP contribution >= 0.6 is 11.6 Å². The minimum Gasteiger partial charge on any atom is -0.478 e. The molecule has 0 radical (unpaired) electrons. The molecule has 0 unspecified atom stereocenters. The van der Waals surface area contributed by atoms with Gasteiger partial charge in [-0.1, -0.05) is 16.8 Å². The molecule has 2 rings (SSSR count). The summed E-state index contributed by atoms with van der Waals surface area (Å²) in [4.78, 5) is 16.6. The number of aryl methyl sites for hydroxylation is 2. The summed E-state index contributed by atoms with van der Waals surface area (Å²) in [5.41, 5.74) is 2.83. The van der Waals surface area contributed by atoms with Crippen molar-refractivity contribution in [2.45, 2.75) is 33.8 Å². The smallest absolute Gasteiger partial charge is 0.346 e. The molecule has 0 spiro atoms. The van der Waals surface area contributed by atoms with Gasteiger partial charge in [-0.25, -0.2) is 9.48 Å². The van der Waals surface area contributed by atoms with E-state index in [2.05, 4.69) is 10.3 Å². The minimum atomic E-state index is -0.839. The summed E-state index contributed by atoms with van der Waals surface area (Å²) >= 11 is 6.44. The number of carbonyl (C=O) groups excluding carboxylic acids is 1. The van der Waals surface area contributed by atoms with Crippen LogP contribution in [0.25, 0.3) is 0 Å². The van der Waals surface area contributed by atoms with Gasteiger partial charge in [-0.2, -0.15) is 5.10 Å². The Kier molecular flexibility index (Phi) is 6.90. The van der Waals surface area contributed by atoms with Crippen molar-refractivity contribution >= 4 is 23.3 Å². The lowest BCUT2D eigenvalue weighted by molar-refractivity contribution is -0.147. The van der Waals surface area contributed by atoms with Crippen LogP contribution in [0.4, 0.5) is 0 Å². The number of ether oxygens (including phenoxy) is 3. The number of carbonyl (C=O) groups is 1. The molecule has 28 heavy (non-hydrogen) atoms. The summed E-state index contributed by atoms with van der Waals surface area (Å²) in [7, 11) is 4.52. The monoisotopic (exact) mass is 409 g/mol. The second-order valence-corrected chi connectivity index (χ2v) is 6.57. The lowest BCUT2D eigenvalue weighted by Crippen LogP contribution is -2.25. The fraction of sp³-hybridized carbons (Fsp3) is 0.421. The van der Waals surface area contributed by atoms with E-state index < -0.39 is 12.1 Å². The van der Waals surface area contributed by atoms with Crippen LogP contribution in [-0.2, 0) is 21.4 Å². The maximum atomic E-state index is 11.8. The first-order chi connectivity index (χ1) is 13.2. The van der Waals surface area contributed by atoms with E-state index in [0.29, 0.717) is 33.7 Å². The van der Waals surface area contributed by atoms with Gasteiger partial charge in [0, 0.05) is 24.2 Å². The van der Waals surface area contributed by atoms with Gasteiger partial charge >= 0.3 is 5.97 Å². The standard InChI is InChI=1S/C19H24ClN3O5/c1-10-11(2)21-23(5)18(10)28-17-9-16(27-13(4)19(24)25-6)14(8-15(17)20)12(3)22-26-7/h8-9,13H,1-7H3/b22-12+/t13-/m0/s1. The van der Waals surface area contributed by atoms with E-state index in [0.717, 1.165) is 11.3 Å². The van der Waals surface area contributed by atoms with Gasteiger partial charge in [-0.05, 0) is 33.8 Å². The molecule has 1 heterocycles. The lowest BCUT2D eigenvalue weighted by Gasteiger charge is -2.18. The molecular formula is C19H24ClN3O5. The summed E-state index contributed by atoms with van der Waals surface area (Å²) in [6.07, 6.45) is -0.839. The minimum absolute atomic E-state index is 0.344. The first-order valence-electron chi connectivity index (χ1n) is 8.53. The zero-order valence-corrected chi connectivity index (χ0v) is 17.7. The Hall–Kier alpha value is -2.74. The van der Waals surface area contributed by atoms with Crippen LogP contribution in [0.1, 0.15) is 30.7 Å². The predicted molar refractivity (Wildman–Crippen MR) is 106 cm³/mol. The molecule has 9 heteroatoms. The zero-order valence-electron chi connectivity index (χ0n) is 17.0. The molecule has 1 aromatic heterocycles. The summed E-state index contributed by atoms with van der Waals surface area (Å²) in [5.74, 6) is 0.755. The Bertz CT molecular complexity index is 907. The highest BCUT2D eigenvalue weighted by Crippen LogP contribution is 2.37. The molecule has 0 saturated heterocycles. The Morgan fingerprint density at radius 2 is 1.93 bits per heavy atom. The van der Waals surface area contributed by atoms with Crippen molar-refractivity contribution in [2.75, 3.05) is 14.2 Å². The summed E-state index contributed by atoms with van der Waals surface area (Å²) in [6.45, 7) is 7.12. The van der Waals surface area contributed by atoms with Crippen molar-refractivity contribution in [2.24, 2.45) is 12.2 Å². The number of oxime groups is 1. The third kappa shape index (κ3) is 4.56. The van der Waals surface area contributed by atoms with Crippen LogP contribution in [-0.4, -0.2) is 41.8 Å². The van der Waals surface area contributed by atoms with Gasteiger partial charge in [0.15, 0.2) is 11.9 Å². The molecule has 0 aliphatic carbocycles. The average molecular weight is 410 g/mol. The van der Waals surface area contributed by atoms with E-state index >= 15 is 0 Å². The molecule has 0 bridgehead atoms. The van der Waals surface area contributed by atoms with Crippen molar-refractivity contribution in [3.8, 4) is 17.4 Å². The van der Waals surface area contributed by atoms with E-state index in [1.807, 2.05) is 13.8 Å². The largest absolute Gasteiger partial charge is 0.478 e. The number of nitrogens with zero attached hydrogens (tertiary/aromatic N) is 3. The molecule has 0 amide bonds. The summed E-state index contributed by atoms with van der Waals surface area (Å²) in [5, 5.41) is 8.60. The molecule has 0 saturated carbocycles. The molecule has 0 aliphatic heterocycles. The molecule has 152 valence electrons. The van der Waals surface area contributed by atoms with Gasteiger partial charge in [-0.3, -0.25) is 0 Å². The van der Waals surface area contributed by atoms with Crippen LogP contribution in [0.3, 0.4) is 0 Å². The fourth-order valence-corrected chi connectivity index (χ4v) is 2.78. The molecule has 1 aromatic carbocycles. The third-order valence-corrected chi connectivity index (χ3v) is 4.45. The van der Waals surface area contributed by atoms with Crippen LogP contribution in [0.5, 0.6) is 17.4 Å². The number of halogens is 1. The highest BCUT2D eigenvalue weighted by Gasteiger charge is 2.21. The quantitative estimate of drug-likeness (QED) is 0.393. The van der Waals surface area contributed by atoms with Gasteiger partial charge in [0.2, 0.25) is 5.88 Å². The first-order valence-corrected chi connectivity index (χ1v) is 8.91. The Morgan fingerprint density at radius 1 is 1.25 bits per heavy atom. The van der Waals surface area contributed by atoms with Gasteiger partial charge in [0.1, 0.15) is 12.9 Å². The number of methoxy groups -OCH3 is 1. The predicted octanol–water partition coefficient (Wildman–Crippen LogP) is 3.79. The van der Waals surface area contributed by atoms with E-state index in [9.17, 15) is 4.79 Å². The topological polar surface area (TPSA) is 84.2 Å². The lowest BCUT2D eigenvalue weighted by atomic mass is 10.1. The average Bonchev–Trinajstić information content (AvgIpc) is 2.89. The van der Waals surface area contributed by atoms with E-state index in [4.69, 9.17) is 30.6 Å². The highest BCUT2D eigenvalue weighted by atomic mass is 35.5. The number of hydrogen-bond acceptors (Lipinski definition) is 7. The van der Waals surface area contributed by atoms with Crippen molar-refractivity contribution in [1.82, 2.24) is 9.78 Å². The highest BCUT2D eigenvalue weighted by molar-refractivity contribution is 6.32. The molecule has 1 atom stereocenters. The zero-order chi connectivity index (χ0) is 21.0. The van der Waals surface area contributed by atoms with Gasteiger partial charge in [0.25, 0.3) is 0 Å². The van der Waals surface area contributed by atoms with E-state index in [1.54, 1.807) is 37.7 Å². The maximum Gasteiger partial charge on any atom is 0.346 e. The van der Waals surface area contributed by atoms with Crippen molar-refractivity contribution in [1.29, 1.82) is 0 Å². The maximum absolute atomic E-state index is 11.8. The fourth-order valence-electron chi connectivity index (χ4n) is 2.57. The molecular weight excluding hydrogens is 386 g/mol. The second kappa shape index (κ2) is 8.97. The summed E-state index contributed by atoms with van der Waals surface area (Å²) in [6, 6.07) is 3.25. The number of aromatic nitrogens is 2. The number of rotatable bonds is 7. The van der Waals surface area contributed by atoms with Crippen LogP contribution in [0.2, 0.25) is 5.02 Å². The molecule has 0 fully saturated rings. The summed E-state index contributed by atoms with van der Waals surface area (Å²) < 4.78 is 18.1. The molecule has 0 aliphatic rings. The van der Waals surface area contributed by atoms with Crippen molar-refractivity contribution in [3.63, 3.8) is 0 Å². The van der Waals surface area contributed by atoms with Gasteiger partial charge in [-0.15, -0.1) is 0 Å². The van der Waals surface area contributed by atoms with Gasteiger partial charge < -0.3 is 19.0 Å². The van der Waals surface area contributed by atoms with E-state index in [1.165, 1.54) is 14.2 Å². The van der Waals surface area contributed by atoms with Crippen LogP contribution < -0.4 is 9.47 Å². The number of hydrogen-bond donors (Lipinski definition) is 0. The normalized spacial score (nSPS) is 12.5. The van der Waals surface area contributed by atoms with Crippen molar-refractivity contribution < 1.29 is 23.8 Å². The Labute approximate surface area is 169 Å². The van der Waals surface area contributed by atoms with Crippen molar-refractivity contribution in [3.05, 3.63) is 34.0 Å². The van der Waals surface area contributed by atoms with Gasteiger partial charge in [0.05, 0.1) is 23.5 Å². The Balaban J connectivity index is 2.51. The third-order valence-electron chi connectivity index (χ3n) is 4.15. The number of benzene rings is 1. The number of esters is 1. The molecule has 2 aromatic rings. The Morgan fingerprint density at radius 3 is 2.46 bits per heavy atom. The second-order valence-electron chi connectivity index (χ2n) is 6.16. The molecule has 8 nitrogen and oxygen atoms in total. The molecule has 0 N–H and O–H groups in total. The van der Waals surface area contributed by atoms with Crippen LogP contribution in [0.15, 0.2) is 17.3 Å². The van der Waals surface area contributed by atoms with E-state index in [-0.39, 0.29) is 0 Å². The SMILES string of the molecule is CO/N=C(\C)c1cc(Cl)c(Oc2c(C)c(C)nn2C)cc1O[C@@H](C)C(=O)OC. The first kappa shape index (κ1) is 21.6.